The number of sulfone groups is 1. The van der Waals surface area contributed by atoms with Gasteiger partial charge in [-0.05, 0) is 22.4 Å². The number of aliphatic hydroxyl groups is 1. The number of rotatable bonds is 4. The Morgan fingerprint density at radius 3 is 2.76 bits per heavy atom. The second kappa shape index (κ2) is 4.76. The lowest BCUT2D eigenvalue weighted by Crippen LogP contribution is -2.21. The molecule has 0 aliphatic rings. The predicted octanol–water partition coefficient (Wildman–Crippen LogP) is 1.85. The van der Waals surface area contributed by atoms with Crippen LogP contribution in [0.1, 0.15) is 5.56 Å². The van der Waals surface area contributed by atoms with Crippen LogP contribution in [0, 0.1) is 0 Å². The lowest BCUT2D eigenvalue weighted by molar-refractivity contribution is 0.198. The summed E-state index contributed by atoms with van der Waals surface area (Å²) in [5, 5.41) is 12.8. The van der Waals surface area contributed by atoms with Gasteiger partial charge in [0.15, 0.2) is 0 Å². The molecule has 0 saturated heterocycles. The van der Waals surface area contributed by atoms with Crippen LogP contribution >= 0.6 is 11.3 Å². The van der Waals surface area contributed by atoms with E-state index < -0.39 is 15.9 Å². The molecule has 0 radical (unpaired) electrons. The highest BCUT2D eigenvalue weighted by Gasteiger charge is 2.14. The van der Waals surface area contributed by atoms with E-state index in [9.17, 15) is 13.5 Å². The molecule has 2 aromatic rings. The summed E-state index contributed by atoms with van der Waals surface area (Å²) in [6.07, 6.45) is 0.696. The maximum absolute atomic E-state index is 11.1. The molecule has 1 unspecified atom stereocenters. The van der Waals surface area contributed by atoms with Crippen LogP contribution in [0.15, 0.2) is 29.6 Å². The summed E-state index contributed by atoms with van der Waals surface area (Å²) in [6.45, 7) is 0. The SMILES string of the molecule is CS(=O)(=O)CC(O)Cc1csc2ccccc12. The van der Waals surface area contributed by atoms with Crippen molar-refractivity contribution in [3.63, 3.8) is 0 Å². The Kier molecular flexibility index (Phi) is 3.51. The summed E-state index contributed by atoms with van der Waals surface area (Å²) in [7, 11) is -3.13. The summed E-state index contributed by atoms with van der Waals surface area (Å²) in [6, 6.07) is 7.93. The molecule has 1 aromatic heterocycles. The molecule has 0 fully saturated rings. The molecule has 1 N–H and O–H groups in total. The van der Waals surface area contributed by atoms with Gasteiger partial charge in [-0.25, -0.2) is 8.42 Å². The van der Waals surface area contributed by atoms with Crippen molar-refractivity contribution in [1.29, 1.82) is 0 Å². The van der Waals surface area contributed by atoms with Crippen LogP contribution < -0.4 is 0 Å². The molecule has 1 aromatic carbocycles. The zero-order chi connectivity index (χ0) is 12.5. The minimum Gasteiger partial charge on any atom is -0.392 e. The maximum Gasteiger partial charge on any atom is 0.150 e. The van der Waals surface area contributed by atoms with Crippen molar-refractivity contribution in [3.05, 3.63) is 35.2 Å². The van der Waals surface area contributed by atoms with Crippen molar-refractivity contribution >= 4 is 31.3 Å². The van der Waals surface area contributed by atoms with Crippen molar-refractivity contribution < 1.29 is 13.5 Å². The Hall–Kier alpha value is -0.910. The number of benzene rings is 1. The molecule has 0 aliphatic heterocycles. The van der Waals surface area contributed by atoms with Gasteiger partial charge in [0.25, 0.3) is 0 Å². The zero-order valence-corrected chi connectivity index (χ0v) is 11.1. The number of fused-ring (bicyclic) bond motifs is 1. The van der Waals surface area contributed by atoms with E-state index in [4.69, 9.17) is 0 Å². The standard InChI is InChI=1S/C12H14O3S2/c1-17(14,15)8-10(13)6-9-7-16-12-5-3-2-4-11(9)12/h2-5,7,10,13H,6,8H2,1H3. The van der Waals surface area contributed by atoms with E-state index in [1.54, 1.807) is 11.3 Å². The molecular weight excluding hydrogens is 256 g/mol. The van der Waals surface area contributed by atoms with Crippen LogP contribution in [-0.2, 0) is 16.3 Å². The van der Waals surface area contributed by atoms with E-state index in [-0.39, 0.29) is 5.75 Å². The minimum atomic E-state index is -3.13. The first kappa shape index (κ1) is 12.5. The third-order valence-corrected chi connectivity index (χ3v) is 4.51. The molecule has 3 nitrogen and oxygen atoms in total. The van der Waals surface area contributed by atoms with Gasteiger partial charge in [0, 0.05) is 17.4 Å². The van der Waals surface area contributed by atoms with Crippen LogP contribution in [0.4, 0.5) is 0 Å². The third-order valence-electron chi connectivity index (χ3n) is 2.51. The van der Waals surface area contributed by atoms with Crippen LogP contribution in [0.2, 0.25) is 0 Å². The quantitative estimate of drug-likeness (QED) is 0.922. The molecule has 0 saturated carbocycles. The van der Waals surface area contributed by atoms with E-state index in [0.717, 1.165) is 21.9 Å². The average Bonchev–Trinajstić information content (AvgIpc) is 2.59. The molecule has 0 aliphatic carbocycles. The highest BCUT2D eigenvalue weighted by Crippen LogP contribution is 2.26. The van der Waals surface area contributed by atoms with Gasteiger partial charge in [0.1, 0.15) is 9.84 Å². The maximum atomic E-state index is 11.1. The van der Waals surface area contributed by atoms with Crippen LogP contribution in [0.5, 0.6) is 0 Å². The summed E-state index contributed by atoms with van der Waals surface area (Å²) in [4.78, 5) is 0. The fourth-order valence-electron chi connectivity index (χ4n) is 1.85. The normalized spacial score (nSPS) is 14.0. The highest BCUT2D eigenvalue weighted by atomic mass is 32.2. The molecule has 0 bridgehead atoms. The predicted molar refractivity (Wildman–Crippen MR) is 71.2 cm³/mol. The first-order valence-electron chi connectivity index (χ1n) is 5.26. The van der Waals surface area contributed by atoms with Gasteiger partial charge in [-0.1, -0.05) is 18.2 Å². The summed E-state index contributed by atoms with van der Waals surface area (Å²) in [5.74, 6) is -0.183. The number of hydrogen-bond acceptors (Lipinski definition) is 4. The van der Waals surface area contributed by atoms with Gasteiger partial charge < -0.3 is 5.11 Å². The molecule has 0 spiro atoms. The minimum absolute atomic E-state index is 0.183. The van der Waals surface area contributed by atoms with E-state index in [1.165, 1.54) is 0 Å². The second-order valence-corrected chi connectivity index (χ2v) is 7.30. The topological polar surface area (TPSA) is 54.4 Å². The van der Waals surface area contributed by atoms with Gasteiger partial charge in [0.2, 0.25) is 0 Å². The van der Waals surface area contributed by atoms with Gasteiger partial charge in [0.05, 0.1) is 11.9 Å². The smallest absolute Gasteiger partial charge is 0.150 e. The lowest BCUT2D eigenvalue weighted by Gasteiger charge is -2.08. The number of aliphatic hydroxyl groups excluding tert-OH is 1. The summed E-state index contributed by atoms with van der Waals surface area (Å²) < 4.78 is 23.3. The van der Waals surface area contributed by atoms with Crippen LogP contribution in [0.25, 0.3) is 10.1 Å². The highest BCUT2D eigenvalue weighted by molar-refractivity contribution is 7.90. The molecule has 5 heteroatoms. The van der Waals surface area contributed by atoms with Crippen molar-refractivity contribution in [1.82, 2.24) is 0 Å². The van der Waals surface area contributed by atoms with E-state index in [1.807, 2.05) is 29.6 Å². The Bertz CT molecular complexity index is 613. The molecule has 17 heavy (non-hydrogen) atoms. The van der Waals surface area contributed by atoms with Crippen molar-refractivity contribution in [2.75, 3.05) is 12.0 Å². The van der Waals surface area contributed by atoms with Crippen LogP contribution in [0.3, 0.4) is 0 Å². The first-order valence-corrected chi connectivity index (χ1v) is 8.20. The van der Waals surface area contributed by atoms with Gasteiger partial charge in [-0.3, -0.25) is 0 Å². The number of thiophene rings is 1. The van der Waals surface area contributed by atoms with Gasteiger partial charge in [-0.15, -0.1) is 11.3 Å². The van der Waals surface area contributed by atoms with E-state index in [2.05, 4.69) is 0 Å². The fourth-order valence-corrected chi connectivity index (χ4v) is 3.65. The summed E-state index contributed by atoms with van der Waals surface area (Å²) in [5.41, 5.74) is 1.02. The Balaban J connectivity index is 2.19. The van der Waals surface area contributed by atoms with E-state index in [0.29, 0.717) is 6.42 Å². The van der Waals surface area contributed by atoms with Gasteiger partial charge >= 0.3 is 0 Å². The third kappa shape index (κ3) is 3.28. The molecular formula is C12H14O3S2. The largest absolute Gasteiger partial charge is 0.392 e. The molecule has 1 heterocycles. The Morgan fingerprint density at radius 1 is 1.35 bits per heavy atom. The Morgan fingerprint density at radius 2 is 2.06 bits per heavy atom. The van der Waals surface area contributed by atoms with Crippen molar-refractivity contribution in [2.24, 2.45) is 0 Å². The van der Waals surface area contributed by atoms with Crippen molar-refractivity contribution in [3.8, 4) is 0 Å². The molecule has 92 valence electrons. The van der Waals surface area contributed by atoms with Crippen LogP contribution in [-0.4, -0.2) is 31.6 Å². The fraction of sp³-hybridized carbons (Fsp3) is 0.333. The lowest BCUT2D eigenvalue weighted by atomic mass is 10.1. The number of hydrogen-bond donors (Lipinski definition) is 1. The molecule has 1 atom stereocenters. The monoisotopic (exact) mass is 270 g/mol. The Labute approximate surface area is 105 Å². The summed E-state index contributed by atoms with van der Waals surface area (Å²) >= 11 is 1.61. The van der Waals surface area contributed by atoms with E-state index >= 15 is 0 Å². The average molecular weight is 270 g/mol. The zero-order valence-electron chi connectivity index (χ0n) is 9.46. The van der Waals surface area contributed by atoms with Gasteiger partial charge in [-0.2, -0.15) is 0 Å². The first-order chi connectivity index (χ1) is 7.96. The molecule has 0 amide bonds. The molecule has 2 rings (SSSR count). The van der Waals surface area contributed by atoms with Crippen molar-refractivity contribution in [2.45, 2.75) is 12.5 Å². The second-order valence-electron chi connectivity index (χ2n) is 4.21.